The van der Waals surface area contributed by atoms with Gasteiger partial charge in [0.05, 0.1) is 10.7 Å². The van der Waals surface area contributed by atoms with Crippen molar-refractivity contribution in [3.05, 3.63) is 28.8 Å². The van der Waals surface area contributed by atoms with Crippen LogP contribution >= 0.6 is 11.6 Å². The average molecular weight is 265 g/mol. The maximum absolute atomic E-state index is 6.45. The third-order valence-electron chi connectivity index (χ3n) is 3.95. The SMILES string of the molecule is C[C@@H](N)c1ccc(N(CC2CC2)C2CC2)c(Cl)c1. The summed E-state index contributed by atoms with van der Waals surface area (Å²) in [5, 5.41) is 0.859. The molecular formula is C15H21ClN2. The van der Waals surface area contributed by atoms with Crippen LogP contribution in [0.5, 0.6) is 0 Å². The van der Waals surface area contributed by atoms with Gasteiger partial charge in [0.25, 0.3) is 0 Å². The van der Waals surface area contributed by atoms with Crippen molar-refractivity contribution < 1.29 is 0 Å². The fraction of sp³-hybridized carbons (Fsp3) is 0.600. The molecule has 2 aliphatic rings. The Hall–Kier alpha value is -0.730. The minimum atomic E-state index is 0.0503. The molecule has 0 saturated heterocycles. The first-order valence-electron chi connectivity index (χ1n) is 6.97. The molecule has 0 amide bonds. The Balaban J connectivity index is 1.83. The van der Waals surface area contributed by atoms with Gasteiger partial charge in [-0.3, -0.25) is 0 Å². The highest BCUT2D eigenvalue weighted by molar-refractivity contribution is 6.33. The third-order valence-corrected chi connectivity index (χ3v) is 4.25. The highest BCUT2D eigenvalue weighted by Gasteiger charge is 2.34. The Morgan fingerprint density at radius 1 is 1.33 bits per heavy atom. The molecule has 1 aromatic rings. The standard InChI is InChI=1S/C15H21ClN2/c1-10(17)12-4-7-15(14(16)8-12)18(13-5-6-13)9-11-2-3-11/h4,7-8,10-11,13H,2-3,5-6,9,17H2,1H3/t10-/m1/s1. The van der Waals surface area contributed by atoms with Gasteiger partial charge in [0.1, 0.15) is 0 Å². The van der Waals surface area contributed by atoms with Gasteiger partial charge in [-0.15, -0.1) is 0 Å². The second-order valence-corrected chi connectivity index (χ2v) is 6.23. The van der Waals surface area contributed by atoms with Gasteiger partial charge in [0, 0.05) is 18.6 Å². The zero-order chi connectivity index (χ0) is 12.7. The molecule has 2 nitrogen and oxygen atoms in total. The van der Waals surface area contributed by atoms with Crippen LogP contribution in [0.15, 0.2) is 18.2 Å². The molecule has 2 saturated carbocycles. The van der Waals surface area contributed by atoms with E-state index in [4.69, 9.17) is 17.3 Å². The normalized spacial score (nSPS) is 20.8. The molecule has 1 aromatic carbocycles. The average Bonchev–Trinajstić information content (AvgIpc) is 3.19. The molecule has 0 heterocycles. The molecule has 2 fully saturated rings. The monoisotopic (exact) mass is 264 g/mol. The topological polar surface area (TPSA) is 29.3 Å². The van der Waals surface area contributed by atoms with Gasteiger partial charge >= 0.3 is 0 Å². The highest BCUT2D eigenvalue weighted by Crippen LogP contribution is 2.40. The summed E-state index contributed by atoms with van der Waals surface area (Å²) < 4.78 is 0. The van der Waals surface area contributed by atoms with Gasteiger partial charge in [-0.25, -0.2) is 0 Å². The minimum Gasteiger partial charge on any atom is -0.367 e. The lowest BCUT2D eigenvalue weighted by molar-refractivity contribution is 0.718. The van der Waals surface area contributed by atoms with E-state index in [2.05, 4.69) is 17.0 Å². The summed E-state index contributed by atoms with van der Waals surface area (Å²) in [7, 11) is 0. The zero-order valence-electron chi connectivity index (χ0n) is 10.9. The summed E-state index contributed by atoms with van der Waals surface area (Å²) in [4.78, 5) is 2.52. The van der Waals surface area contributed by atoms with E-state index in [0.29, 0.717) is 0 Å². The van der Waals surface area contributed by atoms with Crippen molar-refractivity contribution in [3.63, 3.8) is 0 Å². The van der Waals surface area contributed by atoms with Crippen molar-refractivity contribution in [1.82, 2.24) is 0 Å². The maximum Gasteiger partial charge on any atom is 0.0642 e. The highest BCUT2D eigenvalue weighted by atomic mass is 35.5. The summed E-state index contributed by atoms with van der Waals surface area (Å²) in [6.45, 7) is 3.18. The number of anilines is 1. The molecule has 0 unspecified atom stereocenters. The Morgan fingerprint density at radius 2 is 2.06 bits per heavy atom. The van der Waals surface area contributed by atoms with E-state index in [1.807, 2.05) is 13.0 Å². The predicted octanol–water partition coefficient (Wildman–Crippen LogP) is 3.74. The number of nitrogens with zero attached hydrogens (tertiary/aromatic N) is 1. The third kappa shape index (κ3) is 2.65. The number of nitrogens with two attached hydrogens (primary N) is 1. The van der Waals surface area contributed by atoms with Crippen LogP contribution in [0.3, 0.4) is 0 Å². The first kappa shape index (κ1) is 12.3. The summed E-state index contributed by atoms with van der Waals surface area (Å²) in [6, 6.07) is 7.08. The van der Waals surface area contributed by atoms with Crippen LogP contribution in [0.2, 0.25) is 5.02 Å². The minimum absolute atomic E-state index is 0.0503. The lowest BCUT2D eigenvalue weighted by Crippen LogP contribution is -2.28. The van der Waals surface area contributed by atoms with Crippen molar-refractivity contribution in [2.75, 3.05) is 11.4 Å². The summed E-state index contributed by atoms with van der Waals surface area (Å²) in [6.07, 6.45) is 5.41. The van der Waals surface area contributed by atoms with Crippen molar-refractivity contribution in [2.24, 2.45) is 11.7 Å². The molecule has 3 rings (SSSR count). The van der Waals surface area contributed by atoms with E-state index >= 15 is 0 Å². The van der Waals surface area contributed by atoms with E-state index in [1.54, 1.807) is 0 Å². The zero-order valence-corrected chi connectivity index (χ0v) is 11.7. The Bertz CT molecular complexity index is 436. The van der Waals surface area contributed by atoms with Crippen molar-refractivity contribution in [2.45, 2.75) is 44.7 Å². The largest absolute Gasteiger partial charge is 0.367 e. The molecule has 1 atom stereocenters. The summed E-state index contributed by atoms with van der Waals surface area (Å²) >= 11 is 6.45. The predicted molar refractivity (Wildman–Crippen MR) is 77.1 cm³/mol. The number of rotatable bonds is 5. The Kier molecular flexibility index (Phi) is 3.25. The smallest absolute Gasteiger partial charge is 0.0642 e. The quantitative estimate of drug-likeness (QED) is 0.878. The van der Waals surface area contributed by atoms with E-state index in [-0.39, 0.29) is 6.04 Å². The molecule has 0 aliphatic heterocycles. The summed E-state index contributed by atoms with van der Waals surface area (Å²) in [5.74, 6) is 0.898. The fourth-order valence-electron chi connectivity index (χ4n) is 2.45. The van der Waals surface area contributed by atoms with Crippen molar-refractivity contribution in [3.8, 4) is 0 Å². The van der Waals surface area contributed by atoms with Crippen molar-refractivity contribution in [1.29, 1.82) is 0 Å². The number of hydrogen-bond donors (Lipinski definition) is 1. The van der Waals surface area contributed by atoms with Gasteiger partial charge in [0.15, 0.2) is 0 Å². The lowest BCUT2D eigenvalue weighted by Gasteiger charge is -2.26. The molecule has 0 aromatic heterocycles. The van der Waals surface area contributed by atoms with Gasteiger partial charge in [0.2, 0.25) is 0 Å². The molecule has 0 radical (unpaired) electrons. The van der Waals surface area contributed by atoms with E-state index in [0.717, 1.165) is 22.5 Å². The Labute approximate surface area is 114 Å². The van der Waals surface area contributed by atoms with Crippen LogP contribution < -0.4 is 10.6 Å². The van der Waals surface area contributed by atoms with E-state index in [1.165, 1.54) is 37.9 Å². The van der Waals surface area contributed by atoms with Gasteiger partial charge < -0.3 is 10.6 Å². The van der Waals surface area contributed by atoms with Crippen LogP contribution in [-0.2, 0) is 0 Å². The molecule has 2 aliphatic carbocycles. The number of halogens is 1. The molecule has 98 valence electrons. The second-order valence-electron chi connectivity index (χ2n) is 5.83. The maximum atomic E-state index is 6.45. The molecule has 0 bridgehead atoms. The van der Waals surface area contributed by atoms with Crippen LogP contribution in [0, 0.1) is 5.92 Å². The molecule has 2 N–H and O–H groups in total. The number of hydrogen-bond acceptors (Lipinski definition) is 2. The van der Waals surface area contributed by atoms with Crippen LogP contribution in [0.1, 0.15) is 44.2 Å². The summed E-state index contributed by atoms with van der Waals surface area (Å²) in [5.41, 5.74) is 8.22. The lowest BCUT2D eigenvalue weighted by atomic mass is 10.1. The van der Waals surface area contributed by atoms with Gasteiger partial charge in [-0.05, 0) is 56.2 Å². The molecular weight excluding hydrogens is 244 g/mol. The Morgan fingerprint density at radius 3 is 2.56 bits per heavy atom. The molecule has 3 heteroatoms. The van der Waals surface area contributed by atoms with Gasteiger partial charge in [-0.1, -0.05) is 17.7 Å². The van der Waals surface area contributed by atoms with Crippen LogP contribution in [-0.4, -0.2) is 12.6 Å². The number of benzene rings is 1. The second kappa shape index (κ2) is 4.75. The van der Waals surface area contributed by atoms with Gasteiger partial charge in [-0.2, -0.15) is 0 Å². The van der Waals surface area contributed by atoms with E-state index < -0.39 is 0 Å². The first-order chi connectivity index (χ1) is 8.65. The van der Waals surface area contributed by atoms with E-state index in [9.17, 15) is 0 Å². The molecule has 0 spiro atoms. The van der Waals surface area contributed by atoms with Crippen LogP contribution in [0.25, 0.3) is 0 Å². The fourth-order valence-corrected chi connectivity index (χ4v) is 2.75. The molecule has 18 heavy (non-hydrogen) atoms. The van der Waals surface area contributed by atoms with Crippen molar-refractivity contribution >= 4 is 17.3 Å². The first-order valence-corrected chi connectivity index (χ1v) is 7.34. The van der Waals surface area contributed by atoms with Crippen LogP contribution in [0.4, 0.5) is 5.69 Å².